The zero-order chi connectivity index (χ0) is 13.7. The molecule has 19 heavy (non-hydrogen) atoms. The van der Waals surface area contributed by atoms with Gasteiger partial charge in [-0.3, -0.25) is 0 Å². The third-order valence-electron chi connectivity index (χ3n) is 2.93. The second-order valence-corrected chi connectivity index (χ2v) is 4.37. The first-order valence-corrected chi connectivity index (χ1v) is 6.47. The lowest BCUT2D eigenvalue weighted by Crippen LogP contribution is -1.99. The Bertz CT molecular complexity index is 598. The Morgan fingerprint density at radius 3 is 2.58 bits per heavy atom. The van der Waals surface area contributed by atoms with Crippen LogP contribution in [0, 0.1) is 0 Å². The van der Waals surface area contributed by atoms with Crippen molar-refractivity contribution >= 4 is 5.57 Å². The molecular formula is C17H18N2. The van der Waals surface area contributed by atoms with Crippen molar-refractivity contribution in [2.45, 2.75) is 20.3 Å². The number of hydrogen-bond acceptors (Lipinski definition) is 2. The van der Waals surface area contributed by atoms with Crippen molar-refractivity contribution in [2.24, 2.45) is 0 Å². The van der Waals surface area contributed by atoms with Gasteiger partial charge in [0.05, 0.1) is 5.69 Å². The number of aromatic nitrogens is 2. The molecule has 1 aromatic carbocycles. The minimum absolute atomic E-state index is 0.776. The maximum Gasteiger partial charge on any atom is 0.155 e. The molecule has 0 amide bonds. The van der Waals surface area contributed by atoms with Gasteiger partial charge in [0.2, 0.25) is 0 Å². The van der Waals surface area contributed by atoms with Crippen LogP contribution < -0.4 is 0 Å². The van der Waals surface area contributed by atoms with Crippen LogP contribution in [-0.2, 0) is 6.42 Å². The Morgan fingerprint density at radius 2 is 1.95 bits per heavy atom. The first kappa shape index (κ1) is 13.2. The monoisotopic (exact) mass is 250 g/mol. The lowest BCUT2D eigenvalue weighted by atomic mass is 10.1. The maximum absolute atomic E-state index is 4.64. The van der Waals surface area contributed by atoms with Crippen molar-refractivity contribution in [3.05, 3.63) is 66.6 Å². The summed E-state index contributed by atoms with van der Waals surface area (Å²) in [4.78, 5) is 9.21. The fraction of sp³-hybridized carbons (Fsp3) is 0.176. The molecule has 0 aliphatic rings. The first-order valence-electron chi connectivity index (χ1n) is 6.47. The second-order valence-electron chi connectivity index (χ2n) is 4.37. The predicted octanol–water partition coefficient (Wildman–Crippen LogP) is 4.30. The van der Waals surface area contributed by atoms with Crippen LogP contribution in [0.5, 0.6) is 0 Å². The van der Waals surface area contributed by atoms with Gasteiger partial charge >= 0.3 is 0 Å². The van der Waals surface area contributed by atoms with E-state index in [2.05, 4.69) is 41.7 Å². The molecule has 0 unspecified atom stereocenters. The van der Waals surface area contributed by atoms with E-state index in [9.17, 15) is 0 Å². The standard InChI is InChI=1S/C17H18N2/c1-4-9-13(3)17-18-15(5-2)12-16(19-17)14-10-7-6-8-11-14/h4,6-12H,1,5H2,2-3H3/b13-9+. The van der Waals surface area contributed by atoms with Crippen LogP contribution in [0.25, 0.3) is 16.8 Å². The molecule has 1 aromatic heterocycles. The highest BCUT2D eigenvalue weighted by Gasteiger charge is 2.06. The van der Waals surface area contributed by atoms with Crippen molar-refractivity contribution in [1.82, 2.24) is 9.97 Å². The predicted molar refractivity (Wildman–Crippen MR) is 80.7 cm³/mol. The molecule has 0 spiro atoms. The van der Waals surface area contributed by atoms with Crippen LogP contribution in [0.4, 0.5) is 0 Å². The molecule has 2 heteroatoms. The van der Waals surface area contributed by atoms with E-state index in [4.69, 9.17) is 0 Å². The highest BCUT2D eigenvalue weighted by atomic mass is 14.9. The van der Waals surface area contributed by atoms with E-state index in [1.165, 1.54) is 0 Å². The van der Waals surface area contributed by atoms with Gasteiger partial charge in [-0.25, -0.2) is 9.97 Å². The van der Waals surface area contributed by atoms with E-state index < -0.39 is 0 Å². The quantitative estimate of drug-likeness (QED) is 0.756. The summed E-state index contributed by atoms with van der Waals surface area (Å²) in [6, 6.07) is 12.2. The zero-order valence-corrected chi connectivity index (χ0v) is 11.4. The van der Waals surface area contributed by atoms with Gasteiger partial charge in [-0.15, -0.1) is 0 Å². The number of allylic oxidation sites excluding steroid dienone is 3. The molecule has 0 atom stereocenters. The van der Waals surface area contributed by atoms with Crippen molar-refractivity contribution in [2.75, 3.05) is 0 Å². The summed E-state index contributed by atoms with van der Waals surface area (Å²) in [6.45, 7) is 7.83. The molecule has 2 nitrogen and oxygen atoms in total. The molecule has 0 N–H and O–H groups in total. The molecule has 0 fully saturated rings. The van der Waals surface area contributed by atoms with Crippen LogP contribution in [0.2, 0.25) is 0 Å². The Morgan fingerprint density at radius 1 is 1.21 bits per heavy atom. The average Bonchev–Trinajstić information content (AvgIpc) is 2.48. The molecule has 0 radical (unpaired) electrons. The molecule has 0 aliphatic carbocycles. The lowest BCUT2D eigenvalue weighted by molar-refractivity contribution is 0.981. The topological polar surface area (TPSA) is 25.8 Å². The highest BCUT2D eigenvalue weighted by molar-refractivity contribution is 5.64. The normalized spacial score (nSPS) is 11.4. The van der Waals surface area contributed by atoms with Gasteiger partial charge in [0.25, 0.3) is 0 Å². The SMILES string of the molecule is C=C/C=C(\C)c1nc(CC)cc(-c2ccccc2)n1. The third kappa shape index (κ3) is 3.16. The molecule has 0 bridgehead atoms. The molecule has 96 valence electrons. The van der Waals surface area contributed by atoms with E-state index in [1.54, 1.807) is 6.08 Å². The van der Waals surface area contributed by atoms with Crippen molar-refractivity contribution in [1.29, 1.82) is 0 Å². The van der Waals surface area contributed by atoms with Gasteiger partial charge in [0.15, 0.2) is 5.82 Å². The third-order valence-corrected chi connectivity index (χ3v) is 2.93. The van der Waals surface area contributed by atoms with E-state index in [0.29, 0.717) is 0 Å². The van der Waals surface area contributed by atoms with Gasteiger partial charge in [-0.1, -0.05) is 56.0 Å². The summed E-state index contributed by atoms with van der Waals surface area (Å²) in [5.41, 5.74) is 4.18. The first-order chi connectivity index (χ1) is 9.24. The van der Waals surface area contributed by atoms with Crippen molar-refractivity contribution < 1.29 is 0 Å². The maximum atomic E-state index is 4.64. The van der Waals surface area contributed by atoms with Crippen LogP contribution in [0.1, 0.15) is 25.4 Å². The van der Waals surface area contributed by atoms with E-state index in [0.717, 1.165) is 34.8 Å². The largest absolute Gasteiger partial charge is 0.233 e. The van der Waals surface area contributed by atoms with Gasteiger partial charge in [0, 0.05) is 11.3 Å². The molecule has 2 aromatic rings. The number of hydrogen-bond donors (Lipinski definition) is 0. The molecule has 0 aliphatic heterocycles. The molecular weight excluding hydrogens is 232 g/mol. The number of nitrogens with zero attached hydrogens (tertiary/aromatic N) is 2. The smallest absolute Gasteiger partial charge is 0.155 e. The lowest BCUT2D eigenvalue weighted by Gasteiger charge is -2.07. The van der Waals surface area contributed by atoms with Gasteiger partial charge < -0.3 is 0 Å². The Kier molecular flexibility index (Phi) is 4.24. The second kappa shape index (κ2) is 6.10. The number of benzene rings is 1. The summed E-state index contributed by atoms with van der Waals surface area (Å²) in [7, 11) is 0. The highest BCUT2D eigenvalue weighted by Crippen LogP contribution is 2.20. The van der Waals surface area contributed by atoms with E-state index in [-0.39, 0.29) is 0 Å². The van der Waals surface area contributed by atoms with Crippen LogP contribution >= 0.6 is 0 Å². The number of rotatable bonds is 4. The average molecular weight is 250 g/mol. The Balaban J connectivity index is 2.54. The van der Waals surface area contributed by atoms with Crippen LogP contribution in [-0.4, -0.2) is 9.97 Å². The Labute approximate surface area is 114 Å². The molecule has 1 heterocycles. The minimum Gasteiger partial charge on any atom is -0.233 e. The molecule has 0 saturated heterocycles. The fourth-order valence-corrected chi connectivity index (χ4v) is 1.86. The van der Waals surface area contributed by atoms with E-state index >= 15 is 0 Å². The zero-order valence-electron chi connectivity index (χ0n) is 11.4. The summed E-state index contributed by atoms with van der Waals surface area (Å²) < 4.78 is 0. The van der Waals surface area contributed by atoms with Crippen LogP contribution in [0.15, 0.2) is 55.1 Å². The summed E-state index contributed by atoms with van der Waals surface area (Å²) in [5, 5.41) is 0. The summed E-state index contributed by atoms with van der Waals surface area (Å²) in [5.74, 6) is 0.776. The van der Waals surface area contributed by atoms with Gasteiger partial charge in [-0.05, 0) is 25.0 Å². The summed E-state index contributed by atoms with van der Waals surface area (Å²) >= 11 is 0. The summed E-state index contributed by atoms with van der Waals surface area (Å²) in [6.07, 6.45) is 4.60. The van der Waals surface area contributed by atoms with Gasteiger partial charge in [0.1, 0.15) is 0 Å². The minimum atomic E-state index is 0.776. The van der Waals surface area contributed by atoms with Gasteiger partial charge in [-0.2, -0.15) is 0 Å². The fourth-order valence-electron chi connectivity index (χ4n) is 1.86. The van der Waals surface area contributed by atoms with Crippen molar-refractivity contribution in [3.8, 4) is 11.3 Å². The molecule has 0 saturated carbocycles. The van der Waals surface area contributed by atoms with E-state index in [1.807, 2.05) is 31.2 Å². The molecule has 2 rings (SSSR count). The van der Waals surface area contributed by atoms with Crippen LogP contribution in [0.3, 0.4) is 0 Å². The Hall–Kier alpha value is -2.22. The number of aryl methyl sites for hydroxylation is 1. The van der Waals surface area contributed by atoms with Crippen molar-refractivity contribution in [3.63, 3.8) is 0 Å².